The molecule has 1 unspecified atom stereocenters. The monoisotopic (exact) mass is 204 g/mol. The molecular weight excluding hydrogens is 188 g/mol. The highest BCUT2D eigenvalue weighted by Gasteiger charge is 2.08. The summed E-state index contributed by atoms with van der Waals surface area (Å²) >= 11 is 0. The third-order valence-corrected chi connectivity index (χ3v) is 2.09. The second-order valence-electron chi connectivity index (χ2n) is 3.43. The Morgan fingerprint density at radius 3 is 2.80 bits per heavy atom. The molecule has 0 aliphatic rings. The van der Waals surface area contributed by atoms with E-state index < -0.39 is 6.10 Å². The van der Waals surface area contributed by atoms with Crippen LogP contribution >= 0.6 is 0 Å². The number of hydrogen-bond acceptors (Lipinski definition) is 2. The van der Waals surface area contributed by atoms with Crippen molar-refractivity contribution >= 4 is 0 Å². The summed E-state index contributed by atoms with van der Waals surface area (Å²) in [5.74, 6) is 6.29. The van der Waals surface area contributed by atoms with E-state index in [-0.39, 0.29) is 0 Å². The van der Waals surface area contributed by atoms with Crippen LogP contribution in [0, 0.1) is 18.8 Å². The average molecular weight is 204 g/mol. The molecule has 0 amide bonds. The van der Waals surface area contributed by atoms with E-state index in [4.69, 9.17) is 4.74 Å². The number of rotatable bonds is 3. The molecule has 0 heterocycles. The van der Waals surface area contributed by atoms with Gasteiger partial charge in [0.15, 0.2) is 0 Å². The lowest BCUT2D eigenvalue weighted by atomic mass is 10.1. The molecule has 1 rings (SSSR count). The Morgan fingerprint density at radius 2 is 2.20 bits per heavy atom. The molecule has 0 aromatic heterocycles. The molecule has 0 aliphatic heterocycles. The van der Waals surface area contributed by atoms with Crippen LogP contribution in [0.4, 0.5) is 0 Å². The van der Waals surface area contributed by atoms with Crippen LogP contribution in [-0.2, 0) is 0 Å². The van der Waals surface area contributed by atoms with Crippen LogP contribution < -0.4 is 4.74 Å². The van der Waals surface area contributed by atoms with E-state index >= 15 is 0 Å². The predicted octanol–water partition coefficient (Wildman–Crippen LogP) is 2.45. The van der Waals surface area contributed by atoms with Crippen molar-refractivity contribution in [1.29, 1.82) is 0 Å². The van der Waals surface area contributed by atoms with Gasteiger partial charge < -0.3 is 9.84 Å². The molecule has 0 saturated carbocycles. The fourth-order valence-corrected chi connectivity index (χ4v) is 1.31. The van der Waals surface area contributed by atoms with Crippen molar-refractivity contribution in [1.82, 2.24) is 0 Å². The zero-order valence-corrected chi connectivity index (χ0v) is 9.37. The summed E-state index contributed by atoms with van der Waals surface area (Å²) in [7, 11) is 0. The maximum absolute atomic E-state index is 9.57. The van der Waals surface area contributed by atoms with Crippen molar-refractivity contribution in [2.75, 3.05) is 6.61 Å². The van der Waals surface area contributed by atoms with Crippen LogP contribution in [0.15, 0.2) is 18.2 Å². The molecule has 2 heteroatoms. The summed E-state index contributed by atoms with van der Waals surface area (Å²) in [4.78, 5) is 0. The van der Waals surface area contributed by atoms with Gasteiger partial charge in [-0.1, -0.05) is 17.6 Å². The quantitative estimate of drug-likeness (QED) is 0.766. The summed E-state index contributed by atoms with van der Waals surface area (Å²) < 4.78 is 5.46. The molecule has 1 atom stereocenters. The van der Waals surface area contributed by atoms with Crippen LogP contribution in [-0.4, -0.2) is 11.7 Å². The molecular formula is C13H16O2. The zero-order valence-electron chi connectivity index (χ0n) is 9.37. The number of benzene rings is 1. The van der Waals surface area contributed by atoms with Crippen molar-refractivity contribution in [2.24, 2.45) is 0 Å². The van der Waals surface area contributed by atoms with Gasteiger partial charge in [0.1, 0.15) is 12.4 Å². The lowest BCUT2D eigenvalue weighted by Crippen LogP contribution is -2.01. The van der Waals surface area contributed by atoms with Gasteiger partial charge in [-0.3, -0.25) is 0 Å². The van der Waals surface area contributed by atoms with Crippen LogP contribution in [0.1, 0.15) is 31.1 Å². The van der Waals surface area contributed by atoms with E-state index in [2.05, 4.69) is 11.8 Å². The molecule has 1 aromatic carbocycles. The number of aliphatic hydroxyl groups excluding tert-OH is 1. The fraction of sp³-hybridized carbons (Fsp3) is 0.385. The highest BCUT2D eigenvalue weighted by Crippen LogP contribution is 2.25. The van der Waals surface area contributed by atoms with Gasteiger partial charge >= 0.3 is 0 Å². The second-order valence-corrected chi connectivity index (χ2v) is 3.43. The zero-order chi connectivity index (χ0) is 11.3. The Labute approximate surface area is 90.9 Å². The minimum absolute atomic E-state index is 0.360. The molecule has 0 bridgehead atoms. The van der Waals surface area contributed by atoms with E-state index in [1.807, 2.05) is 25.1 Å². The van der Waals surface area contributed by atoms with Crippen molar-refractivity contribution in [3.8, 4) is 17.6 Å². The lowest BCUT2D eigenvalue weighted by molar-refractivity contribution is 0.193. The van der Waals surface area contributed by atoms with Crippen molar-refractivity contribution in [3.63, 3.8) is 0 Å². The topological polar surface area (TPSA) is 29.5 Å². The second kappa shape index (κ2) is 5.43. The molecule has 0 radical (unpaired) electrons. The summed E-state index contributed by atoms with van der Waals surface area (Å²) in [5, 5.41) is 9.57. The van der Waals surface area contributed by atoms with Gasteiger partial charge in [0.25, 0.3) is 0 Å². The molecule has 0 fully saturated rings. The minimum Gasteiger partial charge on any atom is -0.481 e. The van der Waals surface area contributed by atoms with Gasteiger partial charge in [-0.15, -0.1) is 5.92 Å². The van der Waals surface area contributed by atoms with Crippen molar-refractivity contribution in [2.45, 2.75) is 26.9 Å². The molecule has 1 aromatic rings. The summed E-state index contributed by atoms with van der Waals surface area (Å²) in [5.41, 5.74) is 1.92. The molecule has 0 aliphatic carbocycles. The van der Waals surface area contributed by atoms with E-state index in [0.717, 1.165) is 11.1 Å². The van der Waals surface area contributed by atoms with Gasteiger partial charge in [-0.2, -0.15) is 0 Å². The molecule has 2 nitrogen and oxygen atoms in total. The fourth-order valence-electron chi connectivity index (χ4n) is 1.31. The molecule has 0 saturated heterocycles. The van der Waals surface area contributed by atoms with Gasteiger partial charge in [0, 0.05) is 5.56 Å². The van der Waals surface area contributed by atoms with Crippen molar-refractivity contribution in [3.05, 3.63) is 29.3 Å². The first-order chi connectivity index (χ1) is 7.15. The van der Waals surface area contributed by atoms with E-state index in [1.165, 1.54) is 0 Å². The van der Waals surface area contributed by atoms with Crippen LogP contribution in [0.5, 0.6) is 5.75 Å². The maximum atomic E-state index is 9.57. The van der Waals surface area contributed by atoms with Gasteiger partial charge in [-0.25, -0.2) is 0 Å². The summed E-state index contributed by atoms with van der Waals surface area (Å²) in [6.07, 6.45) is -0.519. The molecule has 1 N–H and O–H groups in total. The smallest absolute Gasteiger partial charge is 0.149 e. The number of hydrogen-bond donors (Lipinski definition) is 1. The van der Waals surface area contributed by atoms with Gasteiger partial charge in [0.2, 0.25) is 0 Å². The van der Waals surface area contributed by atoms with Gasteiger partial charge in [-0.05, 0) is 32.9 Å². The van der Waals surface area contributed by atoms with Crippen LogP contribution in [0.3, 0.4) is 0 Å². The summed E-state index contributed by atoms with van der Waals surface area (Å²) in [6, 6.07) is 5.76. The molecule has 80 valence electrons. The first kappa shape index (κ1) is 11.6. The number of aliphatic hydroxyl groups is 1. The largest absolute Gasteiger partial charge is 0.481 e. The third kappa shape index (κ3) is 3.30. The third-order valence-electron chi connectivity index (χ3n) is 2.09. The Balaban J connectivity index is 2.89. The Kier molecular flexibility index (Phi) is 4.20. The molecule has 0 spiro atoms. The highest BCUT2D eigenvalue weighted by atomic mass is 16.5. The lowest BCUT2D eigenvalue weighted by Gasteiger charge is -2.12. The summed E-state index contributed by atoms with van der Waals surface area (Å²) in [6.45, 7) is 5.85. The average Bonchev–Trinajstić information content (AvgIpc) is 2.20. The van der Waals surface area contributed by atoms with Crippen LogP contribution in [0.2, 0.25) is 0 Å². The molecule has 15 heavy (non-hydrogen) atoms. The Bertz CT molecular complexity index is 383. The van der Waals surface area contributed by atoms with E-state index in [1.54, 1.807) is 13.8 Å². The Hall–Kier alpha value is -1.46. The SMILES string of the molecule is CC#CCOc1ccc(C)cc1C(C)O. The number of aryl methyl sites for hydroxylation is 1. The minimum atomic E-state index is -0.519. The van der Waals surface area contributed by atoms with Crippen LogP contribution in [0.25, 0.3) is 0 Å². The Morgan fingerprint density at radius 1 is 1.47 bits per heavy atom. The van der Waals surface area contributed by atoms with E-state index in [9.17, 15) is 5.11 Å². The first-order valence-corrected chi connectivity index (χ1v) is 4.96. The number of ether oxygens (including phenoxy) is 1. The standard InChI is InChI=1S/C13H16O2/c1-4-5-8-15-13-7-6-10(2)9-12(13)11(3)14/h6-7,9,11,14H,8H2,1-3H3. The maximum Gasteiger partial charge on any atom is 0.149 e. The van der Waals surface area contributed by atoms with Gasteiger partial charge in [0.05, 0.1) is 6.10 Å². The highest BCUT2D eigenvalue weighted by molar-refractivity contribution is 5.38. The predicted molar refractivity (Wildman–Crippen MR) is 60.8 cm³/mol. The normalized spacial score (nSPS) is 11.5. The van der Waals surface area contributed by atoms with E-state index in [0.29, 0.717) is 12.4 Å². The first-order valence-electron chi connectivity index (χ1n) is 4.96. The van der Waals surface area contributed by atoms with Crippen molar-refractivity contribution < 1.29 is 9.84 Å².